The van der Waals surface area contributed by atoms with E-state index in [-0.39, 0.29) is 19.1 Å². The molecule has 13 heavy (non-hydrogen) atoms. The van der Waals surface area contributed by atoms with Crippen LogP contribution in [-0.2, 0) is 14.3 Å². The van der Waals surface area contributed by atoms with E-state index in [2.05, 4.69) is 0 Å². The van der Waals surface area contributed by atoms with Crippen molar-refractivity contribution in [2.45, 2.75) is 19.4 Å². The van der Waals surface area contributed by atoms with Crippen molar-refractivity contribution in [3.05, 3.63) is 0 Å². The maximum absolute atomic E-state index is 11.2. The van der Waals surface area contributed by atoms with E-state index in [1.807, 2.05) is 6.92 Å². The fourth-order valence-electron chi connectivity index (χ4n) is 1.25. The number of nitrogens with zero attached hydrogens (tertiary/aromatic N) is 1. The van der Waals surface area contributed by atoms with E-state index in [0.717, 1.165) is 6.42 Å². The van der Waals surface area contributed by atoms with Crippen LogP contribution in [0.2, 0.25) is 0 Å². The number of carbonyl (C=O) groups excluding carboxylic acids is 1. The number of hydrogen-bond donors (Lipinski definition) is 1. The van der Waals surface area contributed by atoms with Crippen molar-refractivity contribution in [2.75, 3.05) is 19.7 Å². The summed E-state index contributed by atoms with van der Waals surface area (Å²) in [5, 5.41) is 8.65. The minimum absolute atomic E-state index is 0.114. The van der Waals surface area contributed by atoms with Crippen LogP contribution >= 0.6 is 0 Å². The lowest BCUT2D eigenvalue weighted by Crippen LogP contribution is -2.49. The van der Waals surface area contributed by atoms with Crippen LogP contribution in [-0.4, -0.2) is 47.7 Å². The average Bonchev–Trinajstić information content (AvgIpc) is 2.08. The first kappa shape index (κ1) is 9.98. The molecule has 0 bridgehead atoms. The van der Waals surface area contributed by atoms with Crippen molar-refractivity contribution in [3.8, 4) is 0 Å². The van der Waals surface area contributed by atoms with Crippen molar-refractivity contribution in [2.24, 2.45) is 0 Å². The van der Waals surface area contributed by atoms with Crippen molar-refractivity contribution >= 4 is 11.9 Å². The lowest BCUT2D eigenvalue weighted by Gasteiger charge is -2.30. The molecule has 1 heterocycles. The molecule has 0 saturated carbocycles. The van der Waals surface area contributed by atoms with E-state index in [1.54, 1.807) is 0 Å². The second-order valence-electron chi connectivity index (χ2n) is 2.98. The van der Waals surface area contributed by atoms with E-state index in [4.69, 9.17) is 9.84 Å². The van der Waals surface area contributed by atoms with Gasteiger partial charge in [-0.15, -0.1) is 0 Å². The number of ether oxygens (including phenoxy) is 1. The predicted octanol–water partition coefficient (Wildman–Crippen LogP) is -0.292. The van der Waals surface area contributed by atoms with E-state index < -0.39 is 12.1 Å². The molecule has 1 atom stereocenters. The Balaban J connectivity index is 2.52. The Labute approximate surface area is 76.3 Å². The molecule has 1 unspecified atom stereocenters. The SMILES string of the molecule is CCCN1CC(C(=O)O)OCC1=O. The van der Waals surface area contributed by atoms with E-state index in [1.165, 1.54) is 4.90 Å². The quantitative estimate of drug-likeness (QED) is 0.659. The predicted molar refractivity (Wildman–Crippen MR) is 44.2 cm³/mol. The standard InChI is InChI=1S/C8H13NO4/c1-2-3-9-4-6(8(11)12)13-5-7(9)10/h6H,2-5H2,1H3,(H,11,12). The molecular formula is C8H13NO4. The summed E-state index contributed by atoms with van der Waals surface area (Å²) in [7, 11) is 0. The summed E-state index contributed by atoms with van der Waals surface area (Å²) >= 11 is 0. The molecule has 1 saturated heterocycles. The van der Waals surface area contributed by atoms with Gasteiger partial charge in [-0.3, -0.25) is 4.79 Å². The molecule has 0 radical (unpaired) electrons. The molecule has 0 aromatic rings. The third-order valence-electron chi connectivity index (χ3n) is 1.92. The summed E-state index contributed by atoms with van der Waals surface area (Å²) < 4.78 is 4.84. The lowest BCUT2D eigenvalue weighted by atomic mass is 10.2. The molecule has 5 heteroatoms. The van der Waals surface area contributed by atoms with Gasteiger partial charge < -0.3 is 14.7 Å². The Bertz CT molecular complexity index is 216. The Morgan fingerprint density at radius 3 is 3.00 bits per heavy atom. The Morgan fingerprint density at radius 1 is 1.77 bits per heavy atom. The molecule has 1 aliphatic heterocycles. The number of rotatable bonds is 3. The molecule has 1 N–H and O–H groups in total. The van der Waals surface area contributed by atoms with Gasteiger partial charge in [0.25, 0.3) is 0 Å². The smallest absolute Gasteiger partial charge is 0.334 e. The largest absolute Gasteiger partial charge is 0.479 e. The number of carbonyl (C=O) groups is 2. The van der Waals surface area contributed by atoms with Crippen molar-refractivity contribution in [1.82, 2.24) is 4.90 Å². The number of amides is 1. The molecule has 5 nitrogen and oxygen atoms in total. The molecule has 74 valence electrons. The maximum Gasteiger partial charge on any atom is 0.334 e. The van der Waals surface area contributed by atoms with Gasteiger partial charge in [0, 0.05) is 6.54 Å². The Kier molecular flexibility index (Phi) is 3.25. The zero-order chi connectivity index (χ0) is 9.84. The van der Waals surface area contributed by atoms with Gasteiger partial charge >= 0.3 is 5.97 Å². The van der Waals surface area contributed by atoms with Crippen LogP contribution in [0.4, 0.5) is 0 Å². The third-order valence-corrected chi connectivity index (χ3v) is 1.92. The fourth-order valence-corrected chi connectivity index (χ4v) is 1.25. The topological polar surface area (TPSA) is 66.8 Å². The molecule has 0 aliphatic carbocycles. The summed E-state index contributed by atoms with van der Waals surface area (Å²) in [6.07, 6.45) is -0.0257. The number of carboxylic acids is 1. The summed E-state index contributed by atoms with van der Waals surface area (Å²) in [5.41, 5.74) is 0. The lowest BCUT2D eigenvalue weighted by molar-refractivity contribution is -0.164. The van der Waals surface area contributed by atoms with E-state index in [9.17, 15) is 9.59 Å². The highest BCUT2D eigenvalue weighted by molar-refractivity contribution is 5.81. The first-order valence-electron chi connectivity index (χ1n) is 4.27. The van der Waals surface area contributed by atoms with Crippen LogP contribution in [0.3, 0.4) is 0 Å². The maximum atomic E-state index is 11.2. The monoisotopic (exact) mass is 187 g/mol. The van der Waals surface area contributed by atoms with Crippen LogP contribution in [0.1, 0.15) is 13.3 Å². The minimum Gasteiger partial charge on any atom is -0.479 e. The third kappa shape index (κ3) is 2.42. The second kappa shape index (κ2) is 4.23. The summed E-state index contributed by atoms with van der Waals surface area (Å²) in [4.78, 5) is 23.2. The van der Waals surface area contributed by atoms with Crippen LogP contribution in [0, 0.1) is 0 Å². The minimum atomic E-state index is -1.01. The molecule has 1 rings (SSSR count). The second-order valence-corrected chi connectivity index (χ2v) is 2.98. The number of aliphatic carboxylic acids is 1. The van der Waals surface area contributed by atoms with Gasteiger partial charge in [0.1, 0.15) is 6.61 Å². The summed E-state index contributed by atoms with van der Waals surface area (Å²) in [6, 6.07) is 0. The molecule has 0 aromatic heterocycles. The average molecular weight is 187 g/mol. The summed E-state index contributed by atoms with van der Waals surface area (Å²) in [6.45, 7) is 2.60. The van der Waals surface area contributed by atoms with Gasteiger partial charge in [0.15, 0.2) is 6.10 Å². The molecule has 0 spiro atoms. The highest BCUT2D eigenvalue weighted by Crippen LogP contribution is 2.06. The zero-order valence-electron chi connectivity index (χ0n) is 7.52. The van der Waals surface area contributed by atoms with Gasteiger partial charge in [-0.05, 0) is 6.42 Å². The van der Waals surface area contributed by atoms with Crippen LogP contribution in [0.25, 0.3) is 0 Å². The van der Waals surface area contributed by atoms with Crippen molar-refractivity contribution < 1.29 is 19.4 Å². The normalized spacial score (nSPS) is 23.3. The van der Waals surface area contributed by atoms with Gasteiger partial charge in [-0.25, -0.2) is 4.79 Å². The fraction of sp³-hybridized carbons (Fsp3) is 0.750. The van der Waals surface area contributed by atoms with Gasteiger partial charge in [-0.2, -0.15) is 0 Å². The van der Waals surface area contributed by atoms with Crippen LogP contribution in [0.5, 0.6) is 0 Å². The van der Waals surface area contributed by atoms with Crippen molar-refractivity contribution in [3.63, 3.8) is 0 Å². The Morgan fingerprint density at radius 2 is 2.46 bits per heavy atom. The highest BCUT2D eigenvalue weighted by atomic mass is 16.5. The van der Waals surface area contributed by atoms with E-state index >= 15 is 0 Å². The zero-order valence-corrected chi connectivity index (χ0v) is 7.52. The van der Waals surface area contributed by atoms with E-state index in [0.29, 0.717) is 6.54 Å². The number of hydrogen-bond acceptors (Lipinski definition) is 3. The van der Waals surface area contributed by atoms with Crippen LogP contribution in [0.15, 0.2) is 0 Å². The molecule has 0 aromatic carbocycles. The molecule has 1 fully saturated rings. The van der Waals surface area contributed by atoms with Crippen LogP contribution < -0.4 is 0 Å². The number of morpholine rings is 1. The summed E-state index contributed by atoms with van der Waals surface area (Å²) in [5.74, 6) is -1.13. The highest BCUT2D eigenvalue weighted by Gasteiger charge is 2.29. The molecule has 1 amide bonds. The number of carboxylic acid groups (broad SMARTS) is 1. The first-order chi connectivity index (χ1) is 6.15. The molecular weight excluding hydrogens is 174 g/mol. The molecule has 1 aliphatic rings. The van der Waals surface area contributed by atoms with Gasteiger partial charge in [-0.1, -0.05) is 6.92 Å². The Hall–Kier alpha value is -1.10. The van der Waals surface area contributed by atoms with Gasteiger partial charge in [0.05, 0.1) is 6.54 Å². The van der Waals surface area contributed by atoms with Gasteiger partial charge in [0.2, 0.25) is 5.91 Å². The van der Waals surface area contributed by atoms with Crippen molar-refractivity contribution in [1.29, 1.82) is 0 Å². The first-order valence-corrected chi connectivity index (χ1v) is 4.27.